The topological polar surface area (TPSA) is 82.3 Å². The van der Waals surface area contributed by atoms with Crippen molar-refractivity contribution in [1.82, 2.24) is 10.2 Å². The normalized spacial score (nSPS) is 11.5. The van der Waals surface area contributed by atoms with E-state index in [2.05, 4.69) is 10.2 Å². The predicted octanol–water partition coefficient (Wildman–Crippen LogP) is 1.93. The molecule has 0 atom stereocenters. The van der Waals surface area contributed by atoms with E-state index in [-0.39, 0.29) is 11.1 Å². The summed E-state index contributed by atoms with van der Waals surface area (Å²) in [4.78, 5) is 0. The molecule has 0 N–H and O–H groups in total. The fourth-order valence-corrected chi connectivity index (χ4v) is 1.81. The molecule has 1 heterocycles. The van der Waals surface area contributed by atoms with Gasteiger partial charge in [0, 0.05) is 11.8 Å². The zero-order valence-electron chi connectivity index (χ0n) is 10.7. The van der Waals surface area contributed by atoms with Gasteiger partial charge in [-0.25, -0.2) is 8.42 Å². The lowest BCUT2D eigenvalue weighted by atomic mass is 10.2. The summed E-state index contributed by atoms with van der Waals surface area (Å²) in [6.07, 6.45) is 1.95. The fraction of sp³-hybridized carbons (Fsp3) is 0.333. The van der Waals surface area contributed by atoms with Crippen molar-refractivity contribution in [2.75, 3.05) is 12.9 Å². The van der Waals surface area contributed by atoms with Crippen molar-refractivity contribution >= 4 is 9.84 Å². The van der Waals surface area contributed by atoms with Crippen LogP contribution in [0.2, 0.25) is 0 Å². The van der Waals surface area contributed by atoms with Crippen molar-refractivity contribution in [3.8, 4) is 17.2 Å². The second-order valence-corrected chi connectivity index (χ2v) is 5.91. The van der Waals surface area contributed by atoms with Gasteiger partial charge in [0.2, 0.25) is 15.7 Å². The van der Waals surface area contributed by atoms with Crippen molar-refractivity contribution in [1.29, 1.82) is 0 Å². The summed E-state index contributed by atoms with van der Waals surface area (Å²) in [5.41, 5.74) is 0.645. The van der Waals surface area contributed by atoms with Gasteiger partial charge in [-0.3, -0.25) is 0 Å². The van der Waals surface area contributed by atoms with Gasteiger partial charge >= 0.3 is 5.22 Å². The first-order valence-electron chi connectivity index (χ1n) is 5.77. The second-order valence-electron chi connectivity index (χ2n) is 4.02. The van der Waals surface area contributed by atoms with Crippen LogP contribution in [0.1, 0.15) is 13.3 Å². The Bertz CT molecular complexity index is 647. The standard InChI is InChI=1S/C12H14N2O4S/c1-3-8-17-10-6-4-9(5-7-10)11-13-14-12(18-11)19(2,15)16/h4-7H,3,8H2,1-2H3. The number of hydrogen-bond acceptors (Lipinski definition) is 6. The Labute approximate surface area is 111 Å². The molecule has 0 fully saturated rings. The van der Waals surface area contributed by atoms with Crippen molar-refractivity contribution in [3.63, 3.8) is 0 Å². The molecule has 0 aliphatic heterocycles. The van der Waals surface area contributed by atoms with Crippen LogP contribution in [0, 0.1) is 0 Å². The first kappa shape index (κ1) is 13.5. The van der Waals surface area contributed by atoms with Crippen LogP contribution in [0.25, 0.3) is 11.5 Å². The van der Waals surface area contributed by atoms with Crippen molar-refractivity contribution in [2.24, 2.45) is 0 Å². The smallest absolute Gasteiger partial charge is 0.335 e. The Morgan fingerprint density at radius 3 is 2.42 bits per heavy atom. The summed E-state index contributed by atoms with van der Waals surface area (Å²) in [7, 11) is -3.48. The zero-order chi connectivity index (χ0) is 13.9. The van der Waals surface area contributed by atoms with Gasteiger partial charge in [-0.1, -0.05) is 12.0 Å². The van der Waals surface area contributed by atoms with E-state index < -0.39 is 9.84 Å². The fourth-order valence-electron chi connectivity index (χ4n) is 1.39. The average Bonchev–Trinajstić information content (AvgIpc) is 2.86. The minimum atomic E-state index is -3.48. The molecular formula is C12H14N2O4S. The molecular weight excluding hydrogens is 268 g/mol. The van der Waals surface area contributed by atoms with Crippen LogP contribution in [-0.2, 0) is 9.84 Å². The van der Waals surface area contributed by atoms with E-state index in [9.17, 15) is 8.42 Å². The summed E-state index contributed by atoms with van der Waals surface area (Å²) >= 11 is 0. The minimum absolute atomic E-state index is 0.169. The van der Waals surface area contributed by atoms with Crippen molar-refractivity contribution < 1.29 is 17.6 Å². The highest BCUT2D eigenvalue weighted by Gasteiger charge is 2.17. The number of sulfone groups is 1. The Morgan fingerprint density at radius 2 is 1.89 bits per heavy atom. The van der Waals surface area contributed by atoms with Gasteiger partial charge in [0.1, 0.15) is 5.75 Å². The Hall–Kier alpha value is -1.89. The molecule has 0 radical (unpaired) electrons. The number of rotatable bonds is 5. The molecule has 0 aliphatic carbocycles. The van der Waals surface area contributed by atoms with E-state index in [1.165, 1.54) is 0 Å². The highest BCUT2D eigenvalue weighted by molar-refractivity contribution is 7.90. The maximum Gasteiger partial charge on any atom is 0.335 e. The lowest BCUT2D eigenvalue weighted by Crippen LogP contribution is -1.96. The van der Waals surface area contributed by atoms with Crippen LogP contribution in [0.15, 0.2) is 33.9 Å². The summed E-state index contributed by atoms with van der Waals surface area (Å²) in [5, 5.41) is 6.83. The van der Waals surface area contributed by atoms with E-state index in [1.54, 1.807) is 24.3 Å². The third-order valence-corrected chi connectivity index (χ3v) is 3.10. The third-order valence-electron chi connectivity index (χ3n) is 2.30. The summed E-state index contributed by atoms with van der Waals surface area (Å²) < 4.78 is 33.0. The molecule has 0 unspecified atom stereocenters. The largest absolute Gasteiger partial charge is 0.494 e. The van der Waals surface area contributed by atoms with E-state index in [4.69, 9.17) is 9.15 Å². The molecule has 6 nitrogen and oxygen atoms in total. The highest BCUT2D eigenvalue weighted by Crippen LogP contribution is 2.22. The lowest BCUT2D eigenvalue weighted by molar-refractivity contribution is 0.317. The zero-order valence-corrected chi connectivity index (χ0v) is 11.5. The van der Waals surface area contributed by atoms with Crippen LogP contribution < -0.4 is 4.74 Å². The van der Waals surface area contributed by atoms with Gasteiger partial charge in [-0.05, 0) is 30.7 Å². The van der Waals surface area contributed by atoms with Crippen LogP contribution in [0.5, 0.6) is 5.75 Å². The molecule has 1 aromatic heterocycles. The molecule has 0 saturated heterocycles. The SMILES string of the molecule is CCCOc1ccc(-c2nnc(S(C)(=O)=O)o2)cc1. The Balaban J connectivity index is 2.20. The number of ether oxygens (including phenoxy) is 1. The van der Waals surface area contributed by atoms with E-state index in [0.29, 0.717) is 12.2 Å². The number of hydrogen-bond donors (Lipinski definition) is 0. The molecule has 0 amide bonds. The van der Waals surface area contributed by atoms with Gasteiger partial charge < -0.3 is 9.15 Å². The van der Waals surface area contributed by atoms with Gasteiger partial charge in [0.25, 0.3) is 0 Å². The van der Waals surface area contributed by atoms with E-state index in [0.717, 1.165) is 18.4 Å². The van der Waals surface area contributed by atoms with Crippen molar-refractivity contribution in [3.05, 3.63) is 24.3 Å². The first-order chi connectivity index (χ1) is 9.00. The maximum atomic E-state index is 11.2. The first-order valence-corrected chi connectivity index (χ1v) is 7.66. The molecule has 19 heavy (non-hydrogen) atoms. The molecule has 7 heteroatoms. The molecule has 1 aromatic carbocycles. The molecule has 0 bridgehead atoms. The lowest BCUT2D eigenvalue weighted by Gasteiger charge is -2.03. The average molecular weight is 282 g/mol. The molecule has 2 rings (SSSR count). The summed E-state index contributed by atoms with van der Waals surface area (Å²) in [5.74, 6) is 0.913. The molecule has 0 spiro atoms. The number of nitrogens with zero attached hydrogens (tertiary/aromatic N) is 2. The summed E-state index contributed by atoms with van der Waals surface area (Å²) in [6, 6.07) is 7.03. The molecule has 0 saturated carbocycles. The highest BCUT2D eigenvalue weighted by atomic mass is 32.2. The quantitative estimate of drug-likeness (QED) is 0.833. The Kier molecular flexibility index (Phi) is 3.84. The predicted molar refractivity (Wildman–Crippen MR) is 68.6 cm³/mol. The molecule has 2 aromatic rings. The van der Waals surface area contributed by atoms with Gasteiger partial charge in [0.05, 0.1) is 6.61 Å². The maximum absolute atomic E-state index is 11.2. The van der Waals surface area contributed by atoms with Crippen LogP contribution in [-0.4, -0.2) is 31.5 Å². The monoisotopic (exact) mass is 282 g/mol. The second kappa shape index (κ2) is 5.40. The van der Waals surface area contributed by atoms with E-state index in [1.807, 2.05) is 6.92 Å². The third kappa shape index (κ3) is 3.31. The van der Waals surface area contributed by atoms with Gasteiger partial charge in [-0.15, -0.1) is 5.10 Å². The van der Waals surface area contributed by atoms with Crippen LogP contribution in [0.4, 0.5) is 0 Å². The van der Waals surface area contributed by atoms with E-state index >= 15 is 0 Å². The molecule has 102 valence electrons. The van der Waals surface area contributed by atoms with Crippen LogP contribution in [0.3, 0.4) is 0 Å². The molecule has 0 aliphatic rings. The van der Waals surface area contributed by atoms with Gasteiger partial charge in [-0.2, -0.15) is 0 Å². The van der Waals surface area contributed by atoms with Gasteiger partial charge in [0.15, 0.2) is 0 Å². The number of aromatic nitrogens is 2. The van der Waals surface area contributed by atoms with Crippen molar-refractivity contribution in [2.45, 2.75) is 18.6 Å². The minimum Gasteiger partial charge on any atom is -0.494 e. The van der Waals surface area contributed by atoms with Crippen LogP contribution >= 0.6 is 0 Å². The number of benzene rings is 1. The summed E-state index contributed by atoms with van der Waals surface area (Å²) in [6.45, 7) is 2.68. The Morgan fingerprint density at radius 1 is 1.21 bits per heavy atom.